The molecule has 0 saturated carbocycles. The van der Waals surface area contributed by atoms with Crippen molar-refractivity contribution in [2.75, 3.05) is 44.4 Å². The number of amides is 1. The molecule has 0 atom stereocenters. The monoisotopic (exact) mass is 475 g/mol. The molecule has 1 N–H and O–H groups in total. The molecule has 3 aromatic heterocycles. The van der Waals surface area contributed by atoms with E-state index >= 15 is 0 Å². The summed E-state index contributed by atoms with van der Waals surface area (Å²) in [7, 11) is 0. The average molecular weight is 476 g/mol. The Balaban J connectivity index is 1.40. The third-order valence-corrected chi connectivity index (χ3v) is 7.28. The fourth-order valence-electron chi connectivity index (χ4n) is 4.25. The number of hydrogen-bond donors (Lipinski definition) is 1. The van der Waals surface area contributed by atoms with Crippen LogP contribution >= 0.6 is 11.3 Å². The van der Waals surface area contributed by atoms with Gasteiger partial charge in [0, 0.05) is 30.9 Å². The number of aryl methyl sites for hydroxylation is 1. The number of thiophene rings is 1. The fourth-order valence-corrected chi connectivity index (χ4v) is 5.29. The Morgan fingerprint density at radius 2 is 1.97 bits per heavy atom. The molecule has 174 valence electrons. The molecule has 2 aliphatic heterocycles. The van der Waals surface area contributed by atoms with Crippen LogP contribution in [0.25, 0.3) is 27.3 Å². The van der Waals surface area contributed by atoms with Crippen LogP contribution in [0.15, 0.2) is 48.7 Å². The van der Waals surface area contributed by atoms with Crippen molar-refractivity contribution in [2.24, 2.45) is 0 Å². The first kappa shape index (κ1) is 21.3. The lowest BCUT2D eigenvalue weighted by atomic mass is 10.1. The van der Waals surface area contributed by atoms with Crippen molar-refractivity contribution in [3.63, 3.8) is 0 Å². The molecule has 1 aromatic carbocycles. The maximum absolute atomic E-state index is 12.8. The van der Waals surface area contributed by atoms with Gasteiger partial charge in [-0.15, -0.1) is 11.3 Å². The van der Waals surface area contributed by atoms with E-state index in [0.717, 1.165) is 46.1 Å². The number of morpholine rings is 1. The Morgan fingerprint density at radius 3 is 2.74 bits per heavy atom. The number of pyridine rings is 1. The normalized spacial score (nSPS) is 16.6. The van der Waals surface area contributed by atoms with Crippen molar-refractivity contribution in [2.45, 2.75) is 13.0 Å². The highest BCUT2D eigenvalue weighted by atomic mass is 32.1. The van der Waals surface area contributed by atoms with Gasteiger partial charge < -0.3 is 19.7 Å². The van der Waals surface area contributed by atoms with E-state index in [2.05, 4.69) is 41.4 Å². The predicted molar refractivity (Wildman–Crippen MR) is 132 cm³/mol. The van der Waals surface area contributed by atoms with Gasteiger partial charge in [-0.3, -0.25) is 4.79 Å². The van der Waals surface area contributed by atoms with Gasteiger partial charge in [-0.1, -0.05) is 23.8 Å². The third kappa shape index (κ3) is 4.06. The van der Waals surface area contributed by atoms with E-state index in [1.54, 1.807) is 0 Å². The summed E-state index contributed by atoms with van der Waals surface area (Å²) in [6.45, 7) is 6.17. The lowest BCUT2D eigenvalue weighted by Crippen LogP contribution is -2.48. The number of rotatable bonds is 5. The number of fused-ring (bicyclic) bond motifs is 1. The molecule has 0 unspecified atom stereocenters. The first-order valence-corrected chi connectivity index (χ1v) is 12.2. The maximum atomic E-state index is 12.8. The first-order valence-electron chi connectivity index (χ1n) is 11.4. The Morgan fingerprint density at radius 1 is 1.12 bits per heavy atom. The summed E-state index contributed by atoms with van der Waals surface area (Å²) >= 11 is 1.48. The van der Waals surface area contributed by atoms with Gasteiger partial charge in [0.1, 0.15) is 0 Å². The molecular weight excluding hydrogens is 450 g/mol. The second-order valence-corrected chi connectivity index (χ2v) is 9.70. The van der Waals surface area contributed by atoms with Crippen molar-refractivity contribution < 1.29 is 14.3 Å². The molecule has 8 nitrogen and oxygen atoms in total. The van der Waals surface area contributed by atoms with Crippen molar-refractivity contribution in [3.05, 3.63) is 59.1 Å². The lowest BCUT2D eigenvalue weighted by molar-refractivity contribution is -0.00338. The number of carbonyl (C=O) groups excluding carboxylic acids is 1. The smallest absolute Gasteiger partial charge is 0.261 e. The molecular formula is C25H25N5O3S. The molecule has 0 bridgehead atoms. The number of aromatic nitrogens is 3. The van der Waals surface area contributed by atoms with Crippen molar-refractivity contribution in [1.82, 2.24) is 20.1 Å². The Labute approximate surface area is 201 Å². The Hall–Kier alpha value is -3.27. The van der Waals surface area contributed by atoms with Crippen LogP contribution in [-0.4, -0.2) is 66.2 Å². The highest BCUT2D eigenvalue weighted by Crippen LogP contribution is 2.35. The number of benzene rings is 1. The number of nitrogens with zero attached hydrogens (tertiary/aromatic N) is 4. The minimum atomic E-state index is -0.0772. The number of nitrogens with one attached hydrogen (secondary N) is 1. The van der Waals surface area contributed by atoms with E-state index in [1.165, 1.54) is 16.9 Å². The van der Waals surface area contributed by atoms with E-state index in [-0.39, 0.29) is 11.9 Å². The highest BCUT2D eigenvalue weighted by molar-refractivity contribution is 7.21. The first-order chi connectivity index (χ1) is 16.6. The molecule has 34 heavy (non-hydrogen) atoms. The number of carbonyl (C=O) groups is 1. The summed E-state index contributed by atoms with van der Waals surface area (Å²) in [5.74, 6) is 0.650. The van der Waals surface area contributed by atoms with Gasteiger partial charge in [0.15, 0.2) is 5.82 Å². The van der Waals surface area contributed by atoms with Crippen LogP contribution in [0.4, 0.5) is 5.69 Å². The second kappa shape index (κ2) is 8.83. The van der Waals surface area contributed by atoms with Gasteiger partial charge in [0.25, 0.3) is 5.91 Å². The van der Waals surface area contributed by atoms with E-state index in [9.17, 15) is 4.79 Å². The van der Waals surface area contributed by atoms with Gasteiger partial charge >= 0.3 is 0 Å². The second-order valence-electron chi connectivity index (χ2n) is 8.65. The largest absolute Gasteiger partial charge is 0.378 e. The molecule has 1 amide bonds. The molecule has 2 saturated heterocycles. The van der Waals surface area contributed by atoms with Crippen molar-refractivity contribution in [3.8, 4) is 17.1 Å². The van der Waals surface area contributed by atoms with Gasteiger partial charge in [-0.25, -0.2) is 9.67 Å². The van der Waals surface area contributed by atoms with Crippen LogP contribution in [-0.2, 0) is 9.47 Å². The minimum Gasteiger partial charge on any atom is -0.378 e. The lowest BCUT2D eigenvalue weighted by Gasteiger charge is -2.29. The van der Waals surface area contributed by atoms with Crippen LogP contribution in [0.2, 0.25) is 0 Å². The quantitative estimate of drug-likeness (QED) is 0.476. The standard InChI is InChI=1S/C25H25N5O3S/c1-16-3-2-4-17(11-16)19-5-6-30(28-19)23-13-21(29-7-9-32-10-8-29)24-20(27-23)12-22(34-24)25(31)26-18-14-33-15-18/h2-6,11-13,18H,7-10,14-15H2,1H3,(H,26,31). The zero-order valence-electron chi connectivity index (χ0n) is 18.9. The van der Waals surface area contributed by atoms with Gasteiger partial charge in [0.2, 0.25) is 0 Å². The molecule has 9 heteroatoms. The Bertz CT molecular complexity index is 1350. The zero-order valence-corrected chi connectivity index (χ0v) is 19.7. The summed E-state index contributed by atoms with van der Waals surface area (Å²) in [5, 5.41) is 7.84. The molecule has 0 spiro atoms. The SMILES string of the molecule is Cc1cccc(-c2ccn(-c3cc(N4CCOCC4)c4sc(C(=O)NC5COC5)cc4n3)n2)c1. The molecule has 5 heterocycles. The van der Waals surface area contributed by atoms with Crippen LogP contribution in [0, 0.1) is 6.92 Å². The fraction of sp³-hybridized carbons (Fsp3) is 0.320. The summed E-state index contributed by atoms with van der Waals surface area (Å²) in [6, 6.07) is 14.3. The Kier molecular flexibility index (Phi) is 5.52. The number of ether oxygens (including phenoxy) is 2. The van der Waals surface area contributed by atoms with E-state index in [1.807, 2.05) is 29.1 Å². The van der Waals surface area contributed by atoms with E-state index in [0.29, 0.717) is 31.3 Å². The summed E-state index contributed by atoms with van der Waals surface area (Å²) in [4.78, 5) is 20.7. The van der Waals surface area contributed by atoms with E-state index in [4.69, 9.17) is 19.6 Å². The summed E-state index contributed by atoms with van der Waals surface area (Å²) in [5.41, 5.74) is 5.02. The van der Waals surface area contributed by atoms with Crippen LogP contribution in [0.3, 0.4) is 0 Å². The van der Waals surface area contributed by atoms with E-state index < -0.39 is 0 Å². The van der Waals surface area contributed by atoms with Crippen molar-refractivity contribution >= 4 is 33.1 Å². The predicted octanol–water partition coefficient (Wildman–Crippen LogP) is 3.42. The maximum Gasteiger partial charge on any atom is 0.261 e. The summed E-state index contributed by atoms with van der Waals surface area (Å²) < 4.78 is 13.6. The van der Waals surface area contributed by atoms with Crippen LogP contribution in [0.5, 0.6) is 0 Å². The topological polar surface area (TPSA) is 81.5 Å². The number of hydrogen-bond acceptors (Lipinski definition) is 7. The van der Waals surface area contributed by atoms with Gasteiger partial charge in [-0.05, 0) is 25.1 Å². The van der Waals surface area contributed by atoms with Crippen molar-refractivity contribution in [1.29, 1.82) is 0 Å². The van der Waals surface area contributed by atoms with Crippen LogP contribution < -0.4 is 10.2 Å². The average Bonchev–Trinajstić information content (AvgIpc) is 3.49. The zero-order chi connectivity index (χ0) is 23.1. The highest BCUT2D eigenvalue weighted by Gasteiger charge is 2.24. The molecule has 2 aliphatic rings. The third-order valence-electron chi connectivity index (χ3n) is 6.13. The van der Waals surface area contributed by atoms with Crippen LogP contribution in [0.1, 0.15) is 15.2 Å². The molecule has 6 rings (SSSR count). The van der Waals surface area contributed by atoms with Gasteiger partial charge in [-0.2, -0.15) is 5.10 Å². The summed E-state index contributed by atoms with van der Waals surface area (Å²) in [6.07, 6.45) is 1.94. The molecule has 4 aromatic rings. The minimum absolute atomic E-state index is 0.0772. The molecule has 0 aliphatic carbocycles. The molecule has 0 radical (unpaired) electrons. The number of anilines is 1. The molecule has 2 fully saturated rings. The van der Waals surface area contributed by atoms with Gasteiger partial charge in [0.05, 0.1) is 58.9 Å².